The maximum atomic E-state index is 13.2. The Morgan fingerprint density at radius 1 is 1.35 bits per heavy atom. The summed E-state index contributed by atoms with van der Waals surface area (Å²) in [6, 6.07) is 4.26. The lowest BCUT2D eigenvalue weighted by Gasteiger charge is -2.24. The first-order valence-corrected chi connectivity index (χ1v) is 7.36. The van der Waals surface area contributed by atoms with Crippen LogP contribution in [0.15, 0.2) is 29.3 Å². The molecule has 1 aliphatic carbocycles. The largest absolute Gasteiger partial charge is 0.493 e. The number of amides is 2. The molecule has 1 heterocycles. The fourth-order valence-corrected chi connectivity index (χ4v) is 2.56. The van der Waals surface area contributed by atoms with Crippen LogP contribution in [0.3, 0.4) is 0 Å². The van der Waals surface area contributed by atoms with Crippen molar-refractivity contribution in [2.24, 2.45) is 10.4 Å². The van der Waals surface area contributed by atoms with Gasteiger partial charge in [0.15, 0.2) is 0 Å². The van der Waals surface area contributed by atoms with Gasteiger partial charge in [0.1, 0.15) is 11.1 Å². The zero-order valence-corrected chi connectivity index (χ0v) is 12.9. The number of hydrogen-bond acceptors (Lipinski definition) is 1. The summed E-state index contributed by atoms with van der Waals surface area (Å²) in [5.41, 5.74) is -0.183. The molecule has 120 valence electrons. The molecule has 7 heteroatoms. The first kappa shape index (κ1) is 15.9. The summed E-state index contributed by atoms with van der Waals surface area (Å²) >= 11 is 6.01. The molecule has 1 aromatic rings. The van der Waals surface area contributed by atoms with Crippen LogP contribution in [-0.2, 0) is 0 Å². The standard InChI is InChI=1S/C16H12ClF3N2O/c1-15(8-9-15)7-6-11-10-4-2-3-5-12(10)22(16(18,19)20)14(23)21-13(11)17/h2-5,11H,8-9H2,1H3. The maximum Gasteiger partial charge on any atom is 0.493 e. The van der Waals surface area contributed by atoms with Gasteiger partial charge in [0.25, 0.3) is 0 Å². The summed E-state index contributed by atoms with van der Waals surface area (Å²) in [5, 5.41) is -0.244. The minimum atomic E-state index is -4.89. The van der Waals surface area contributed by atoms with Crippen LogP contribution in [0, 0.1) is 17.3 Å². The lowest BCUT2D eigenvalue weighted by molar-refractivity contribution is -0.120. The zero-order valence-electron chi connectivity index (χ0n) is 12.1. The van der Waals surface area contributed by atoms with E-state index in [2.05, 4.69) is 16.8 Å². The molecule has 3 rings (SSSR count). The molecule has 0 saturated heterocycles. The molecule has 2 amide bonds. The number of benzene rings is 1. The van der Waals surface area contributed by atoms with E-state index >= 15 is 0 Å². The second kappa shape index (κ2) is 5.27. The van der Waals surface area contributed by atoms with Gasteiger partial charge in [0.05, 0.1) is 5.69 Å². The van der Waals surface area contributed by atoms with E-state index < -0.39 is 18.2 Å². The number of nitrogens with zero attached hydrogens (tertiary/aromatic N) is 2. The van der Waals surface area contributed by atoms with Crippen molar-refractivity contribution in [2.75, 3.05) is 4.90 Å². The van der Waals surface area contributed by atoms with Gasteiger partial charge in [-0.25, -0.2) is 9.69 Å². The van der Waals surface area contributed by atoms with Crippen molar-refractivity contribution in [3.63, 3.8) is 0 Å². The Kier molecular flexibility index (Phi) is 3.64. The average molecular weight is 341 g/mol. The first-order valence-electron chi connectivity index (χ1n) is 6.98. The van der Waals surface area contributed by atoms with Crippen LogP contribution < -0.4 is 4.90 Å². The lowest BCUT2D eigenvalue weighted by Crippen LogP contribution is -2.41. The number of rotatable bonds is 0. The molecule has 3 nitrogen and oxygen atoms in total. The number of carbonyl (C=O) groups excluding carboxylic acids is 1. The molecule has 1 aliphatic heterocycles. The van der Waals surface area contributed by atoms with Crippen LogP contribution in [0.1, 0.15) is 31.2 Å². The minimum absolute atomic E-state index is 0.119. The Labute approximate surface area is 136 Å². The summed E-state index contributed by atoms with van der Waals surface area (Å²) in [6.07, 6.45) is -3.01. The summed E-state index contributed by atoms with van der Waals surface area (Å²) in [5.74, 6) is 5.10. The van der Waals surface area contributed by atoms with Crippen molar-refractivity contribution >= 4 is 28.5 Å². The predicted octanol–water partition coefficient (Wildman–Crippen LogP) is 4.67. The predicted molar refractivity (Wildman–Crippen MR) is 81.5 cm³/mol. The number of carbonyl (C=O) groups is 1. The number of urea groups is 1. The fraction of sp³-hybridized carbons (Fsp3) is 0.375. The number of aliphatic imine (C=N–C) groups is 1. The molecule has 1 aromatic carbocycles. The monoisotopic (exact) mass is 340 g/mol. The average Bonchev–Trinajstić information content (AvgIpc) is 3.18. The Morgan fingerprint density at radius 2 is 2.00 bits per heavy atom. The van der Waals surface area contributed by atoms with E-state index in [-0.39, 0.29) is 26.7 Å². The zero-order chi connectivity index (χ0) is 16.8. The van der Waals surface area contributed by atoms with Crippen LogP contribution in [0.2, 0.25) is 0 Å². The Hall–Kier alpha value is -2.00. The van der Waals surface area contributed by atoms with Crippen molar-refractivity contribution in [1.29, 1.82) is 0 Å². The van der Waals surface area contributed by atoms with E-state index in [1.54, 1.807) is 6.07 Å². The molecule has 1 unspecified atom stereocenters. The third-order valence-electron chi connectivity index (χ3n) is 3.89. The highest BCUT2D eigenvalue weighted by molar-refractivity contribution is 6.68. The van der Waals surface area contributed by atoms with Crippen molar-refractivity contribution in [3.05, 3.63) is 29.8 Å². The van der Waals surface area contributed by atoms with Crippen molar-refractivity contribution in [2.45, 2.75) is 32.0 Å². The first-order chi connectivity index (χ1) is 10.7. The van der Waals surface area contributed by atoms with Gasteiger partial charge in [0.2, 0.25) is 0 Å². The maximum absolute atomic E-state index is 13.2. The van der Waals surface area contributed by atoms with E-state index in [0.29, 0.717) is 0 Å². The van der Waals surface area contributed by atoms with Crippen LogP contribution in [0.4, 0.5) is 23.7 Å². The van der Waals surface area contributed by atoms with E-state index in [1.807, 2.05) is 6.92 Å². The number of para-hydroxylation sites is 1. The molecule has 0 radical (unpaired) electrons. The number of alkyl halides is 3. The normalized spacial score (nSPS) is 22.5. The molecule has 1 saturated carbocycles. The smallest absolute Gasteiger partial charge is 0.245 e. The Balaban J connectivity index is 2.15. The van der Waals surface area contributed by atoms with Crippen LogP contribution in [0.25, 0.3) is 0 Å². The van der Waals surface area contributed by atoms with Gasteiger partial charge in [0, 0.05) is 5.41 Å². The van der Waals surface area contributed by atoms with Gasteiger partial charge in [-0.3, -0.25) is 0 Å². The summed E-state index contributed by atoms with van der Waals surface area (Å²) in [4.78, 5) is 15.0. The second-order valence-corrected chi connectivity index (χ2v) is 6.23. The SMILES string of the molecule is CC1(C#CC2C(Cl)=NC(=O)N(C(F)(F)F)c3ccccc32)CC1. The third kappa shape index (κ3) is 3.06. The molecule has 0 N–H and O–H groups in total. The van der Waals surface area contributed by atoms with E-state index in [0.717, 1.165) is 12.8 Å². The van der Waals surface area contributed by atoms with E-state index in [9.17, 15) is 18.0 Å². The summed E-state index contributed by atoms with van der Waals surface area (Å²) in [6.45, 7) is 1.97. The molecular formula is C16H12ClF3N2O. The molecule has 23 heavy (non-hydrogen) atoms. The van der Waals surface area contributed by atoms with Gasteiger partial charge in [-0.1, -0.05) is 41.6 Å². The van der Waals surface area contributed by atoms with Gasteiger partial charge in [-0.05, 0) is 31.4 Å². The molecule has 2 aliphatic rings. The van der Waals surface area contributed by atoms with Crippen LogP contribution in [0.5, 0.6) is 0 Å². The number of anilines is 1. The van der Waals surface area contributed by atoms with Crippen LogP contribution in [-0.4, -0.2) is 17.5 Å². The quantitative estimate of drug-likeness (QED) is 0.499. The molecular weight excluding hydrogens is 329 g/mol. The highest BCUT2D eigenvalue weighted by Gasteiger charge is 2.46. The number of fused-ring (bicyclic) bond motifs is 1. The second-order valence-electron chi connectivity index (χ2n) is 5.84. The van der Waals surface area contributed by atoms with Gasteiger partial charge < -0.3 is 0 Å². The summed E-state index contributed by atoms with van der Waals surface area (Å²) < 4.78 is 39.7. The molecule has 0 bridgehead atoms. The minimum Gasteiger partial charge on any atom is -0.245 e. The highest BCUT2D eigenvalue weighted by atomic mass is 35.5. The lowest BCUT2D eigenvalue weighted by atomic mass is 9.97. The van der Waals surface area contributed by atoms with Gasteiger partial charge in [-0.15, -0.1) is 13.2 Å². The van der Waals surface area contributed by atoms with E-state index in [1.165, 1.54) is 18.2 Å². The molecule has 1 fully saturated rings. The molecule has 1 atom stereocenters. The highest BCUT2D eigenvalue weighted by Crippen LogP contribution is 2.45. The number of hydrogen-bond donors (Lipinski definition) is 0. The summed E-state index contributed by atoms with van der Waals surface area (Å²) in [7, 11) is 0. The Morgan fingerprint density at radius 3 is 2.61 bits per heavy atom. The van der Waals surface area contributed by atoms with Gasteiger partial charge >= 0.3 is 12.3 Å². The van der Waals surface area contributed by atoms with Crippen molar-refractivity contribution in [3.8, 4) is 11.8 Å². The number of halogens is 4. The topological polar surface area (TPSA) is 32.7 Å². The molecule has 0 aromatic heterocycles. The van der Waals surface area contributed by atoms with Gasteiger partial charge in [-0.2, -0.15) is 4.99 Å². The van der Waals surface area contributed by atoms with E-state index in [4.69, 9.17) is 11.6 Å². The Bertz CT molecular complexity index is 757. The fourth-order valence-electron chi connectivity index (χ4n) is 2.31. The van der Waals surface area contributed by atoms with Crippen molar-refractivity contribution in [1.82, 2.24) is 0 Å². The molecule has 0 spiro atoms. The third-order valence-corrected chi connectivity index (χ3v) is 4.20. The van der Waals surface area contributed by atoms with Crippen molar-refractivity contribution < 1.29 is 18.0 Å². The van der Waals surface area contributed by atoms with Crippen LogP contribution >= 0.6 is 11.6 Å².